The van der Waals surface area contributed by atoms with Gasteiger partial charge in [-0.3, -0.25) is 0 Å². The summed E-state index contributed by atoms with van der Waals surface area (Å²) >= 11 is 0. The quantitative estimate of drug-likeness (QED) is 0.138. The second-order valence-corrected chi connectivity index (χ2v) is 9.35. The van der Waals surface area contributed by atoms with Gasteiger partial charge in [-0.05, 0) is 77.2 Å². The lowest BCUT2D eigenvalue weighted by molar-refractivity contribution is -0.154. The van der Waals surface area contributed by atoms with E-state index in [9.17, 15) is 22.0 Å². The molecular weight excluding hydrogens is 518 g/mol. The first-order valence-electron chi connectivity index (χ1n) is 12.8. The molecule has 0 unspecified atom stereocenters. The van der Waals surface area contributed by atoms with Gasteiger partial charge in [-0.1, -0.05) is 56.2 Å². The van der Waals surface area contributed by atoms with Crippen LogP contribution in [0.15, 0.2) is 66.7 Å². The Morgan fingerprint density at radius 1 is 0.718 bits per heavy atom. The summed E-state index contributed by atoms with van der Waals surface area (Å²) in [7, 11) is 0. The summed E-state index contributed by atoms with van der Waals surface area (Å²) in [5.41, 5.74) is 2.43. The van der Waals surface area contributed by atoms with Gasteiger partial charge in [-0.25, -0.2) is 13.2 Å². The molecule has 0 N–H and O–H groups in total. The van der Waals surface area contributed by atoms with Crippen LogP contribution in [0.4, 0.5) is 26.3 Å². The van der Waals surface area contributed by atoms with E-state index >= 15 is 4.39 Å². The van der Waals surface area contributed by atoms with E-state index in [2.05, 4.69) is 11.7 Å². The van der Waals surface area contributed by atoms with Crippen molar-refractivity contribution in [3.05, 3.63) is 95.3 Å². The second kappa shape index (κ2) is 12.5. The van der Waals surface area contributed by atoms with Crippen LogP contribution in [0.5, 0.6) is 11.5 Å². The highest BCUT2D eigenvalue weighted by molar-refractivity contribution is 5.88. The van der Waals surface area contributed by atoms with Crippen LogP contribution >= 0.6 is 0 Å². The number of hydrogen-bond donors (Lipinski definition) is 0. The molecule has 39 heavy (non-hydrogen) atoms. The zero-order valence-corrected chi connectivity index (χ0v) is 21.4. The number of halogens is 6. The van der Waals surface area contributed by atoms with E-state index in [1.54, 1.807) is 18.2 Å². The molecule has 0 heterocycles. The highest BCUT2D eigenvalue weighted by Gasteiger charge is 2.30. The maximum atomic E-state index is 15.3. The van der Waals surface area contributed by atoms with Crippen molar-refractivity contribution in [2.75, 3.05) is 13.2 Å². The maximum absolute atomic E-state index is 15.3. The Kier molecular flexibility index (Phi) is 9.04. The Bertz CT molecular complexity index is 1390. The highest BCUT2D eigenvalue weighted by atomic mass is 19.4. The molecule has 0 bridgehead atoms. The van der Waals surface area contributed by atoms with Gasteiger partial charge in [0.2, 0.25) is 0 Å². The topological polar surface area (TPSA) is 18.5 Å². The fourth-order valence-electron chi connectivity index (χ4n) is 4.32. The molecule has 0 saturated heterocycles. The molecule has 0 fully saturated rings. The van der Waals surface area contributed by atoms with Gasteiger partial charge in [0.1, 0.15) is 11.6 Å². The van der Waals surface area contributed by atoms with E-state index in [0.717, 1.165) is 48.3 Å². The number of alkyl halides is 3. The summed E-state index contributed by atoms with van der Waals surface area (Å²) in [6.45, 7) is 1.01. The lowest BCUT2D eigenvalue weighted by Crippen LogP contribution is -2.20. The summed E-state index contributed by atoms with van der Waals surface area (Å²) in [6.07, 6.45) is -1.23. The van der Waals surface area contributed by atoms with Crippen LogP contribution in [0.2, 0.25) is 0 Å². The fraction of sp³-hybridized carbons (Fsp3) is 0.290. The number of ether oxygens (including phenoxy) is 2. The summed E-state index contributed by atoms with van der Waals surface area (Å²) in [5, 5.41) is 1.12. The molecule has 0 amide bonds. The van der Waals surface area contributed by atoms with Crippen LogP contribution in [-0.2, 0) is 12.8 Å². The van der Waals surface area contributed by atoms with Crippen molar-refractivity contribution in [3.8, 4) is 22.6 Å². The molecule has 0 saturated carbocycles. The van der Waals surface area contributed by atoms with Gasteiger partial charge < -0.3 is 9.47 Å². The van der Waals surface area contributed by atoms with Crippen molar-refractivity contribution in [2.45, 2.75) is 45.2 Å². The number of rotatable bonds is 11. The predicted molar refractivity (Wildman–Crippen MR) is 140 cm³/mol. The molecule has 0 aliphatic carbocycles. The molecular formula is C31H28F6O2. The normalized spacial score (nSPS) is 11.7. The van der Waals surface area contributed by atoms with Gasteiger partial charge in [0, 0.05) is 5.39 Å². The second-order valence-electron chi connectivity index (χ2n) is 9.35. The van der Waals surface area contributed by atoms with Crippen molar-refractivity contribution < 1.29 is 35.8 Å². The summed E-state index contributed by atoms with van der Waals surface area (Å²) in [5.74, 6) is -3.19. The number of aryl methyl sites for hydroxylation is 2. The van der Waals surface area contributed by atoms with E-state index in [4.69, 9.17) is 4.74 Å². The zero-order valence-electron chi connectivity index (χ0n) is 21.4. The average molecular weight is 547 g/mol. The van der Waals surface area contributed by atoms with Gasteiger partial charge in [0.15, 0.2) is 24.0 Å². The SMILES string of the molecule is CCCCCOc1ccc(-c2ccc3c(F)c(CCc4cc(F)c(OCC(F)(F)F)c(F)c4)ccc3c2)cc1. The van der Waals surface area contributed by atoms with Crippen LogP contribution in [-0.4, -0.2) is 19.4 Å². The van der Waals surface area contributed by atoms with E-state index in [-0.39, 0.29) is 18.4 Å². The molecule has 2 nitrogen and oxygen atoms in total. The van der Waals surface area contributed by atoms with E-state index in [1.165, 1.54) is 0 Å². The molecule has 8 heteroatoms. The highest BCUT2D eigenvalue weighted by Crippen LogP contribution is 2.30. The lowest BCUT2D eigenvalue weighted by Gasteiger charge is -2.12. The van der Waals surface area contributed by atoms with E-state index in [0.29, 0.717) is 22.9 Å². The Labute approximate surface area is 223 Å². The van der Waals surface area contributed by atoms with Gasteiger partial charge in [0.05, 0.1) is 6.61 Å². The third kappa shape index (κ3) is 7.46. The first kappa shape index (κ1) is 28.3. The molecule has 0 atom stereocenters. The summed E-state index contributed by atoms with van der Waals surface area (Å²) < 4.78 is 90.6. The fourth-order valence-corrected chi connectivity index (χ4v) is 4.32. The van der Waals surface area contributed by atoms with Crippen molar-refractivity contribution in [1.82, 2.24) is 0 Å². The Morgan fingerprint density at radius 2 is 1.41 bits per heavy atom. The van der Waals surface area contributed by atoms with Crippen LogP contribution in [0.3, 0.4) is 0 Å². The first-order valence-corrected chi connectivity index (χ1v) is 12.8. The monoisotopic (exact) mass is 546 g/mol. The Hall–Kier alpha value is -3.68. The molecule has 0 spiro atoms. The number of benzene rings is 4. The minimum Gasteiger partial charge on any atom is -0.494 e. The molecule has 206 valence electrons. The number of hydrogen-bond acceptors (Lipinski definition) is 2. The van der Waals surface area contributed by atoms with Crippen LogP contribution in [0.25, 0.3) is 21.9 Å². The van der Waals surface area contributed by atoms with Crippen LogP contribution < -0.4 is 9.47 Å². The van der Waals surface area contributed by atoms with Crippen molar-refractivity contribution in [3.63, 3.8) is 0 Å². The Morgan fingerprint density at radius 3 is 2.08 bits per heavy atom. The molecule has 4 aromatic carbocycles. The average Bonchev–Trinajstić information content (AvgIpc) is 2.90. The summed E-state index contributed by atoms with van der Waals surface area (Å²) in [6, 6.07) is 18.4. The standard InChI is InChI=1S/C31H28F6O2/c1-2-3-4-15-38-25-12-9-21(10-13-25)23-11-14-26-24(18-23)8-7-22(29(26)34)6-5-20-16-27(32)30(28(33)17-20)39-19-31(35,36)37/h7-14,16-18H,2-6,15,19H2,1H3. The van der Waals surface area contributed by atoms with Gasteiger partial charge in [0.25, 0.3) is 0 Å². The maximum Gasteiger partial charge on any atom is 0.422 e. The number of unbranched alkanes of at least 4 members (excludes halogenated alkanes) is 2. The molecule has 4 aromatic rings. The van der Waals surface area contributed by atoms with Crippen molar-refractivity contribution >= 4 is 10.8 Å². The zero-order chi connectivity index (χ0) is 28.0. The van der Waals surface area contributed by atoms with Gasteiger partial charge in [-0.2, -0.15) is 13.2 Å². The molecule has 0 aliphatic heterocycles. The largest absolute Gasteiger partial charge is 0.494 e. The predicted octanol–water partition coefficient (Wildman–Crippen LogP) is 9.22. The minimum absolute atomic E-state index is 0.0841. The molecule has 0 aliphatic rings. The Balaban J connectivity index is 1.44. The van der Waals surface area contributed by atoms with Crippen molar-refractivity contribution in [1.29, 1.82) is 0 Å². The smallest absolute Gasteiger partial charge is 0.422 e. The lowest BCUT2D eigenvalue weighted by atomic mass is 9.97. The van der Waals surface area contributed by atoms with Gasteiger partial charge >= 0.3 is 6.18 Å². The van der Waals surface area contributed by atoms with Gasteiger partial charge in [-0.15, -0.1) is 0 Å². The van der Waals surface area contributed by atoms with Crippen LogP contribution in [0, 0.1) is 17.5 Å². The number of fused-ring (bicyclic) bond motifs is 1. The third-order valence-electron chi connectivity index (χ3n) is 6.36. The van der Waals surface area contributed by atoms with E-state index < -0.39 is 36.0 Å². The molecule has 4 rings (SSSR count). The third-order valence-corrected chi connectivity index (χ3v) is 6.36. The van der Waals surface area contributed by atoms with Crippen molar-refractivity contribution in [2.24, 2.45) is 0 Å². The first-order chi connectivity index (χ1) is 18.6. The minimum atomic E-state index is -4.72. The van der Waals surface area contributed by atoms with Crippen LogP contribution in [0.1, 0.15) is 37.3 Å². The molecule has 0 radical (unpaired) electrons. The molecule has 0 aromatic heterocycles. The summed E-state index contributed by atoms with van der Waals surface area (Å²) in [4.78, 5) is 0. The van der Waals surface area contributed by atoms with E-state index in [1.807, 2.05) is 36.4 Å².